The smallest absolute Gasteiger partial charge is 0.409 e. The van der Waals surface area contributed by atoms with Crippen LogP contribution in [0.1, 0.15) is 12.5 Å². The van der Waals surface area contributed by atoms with E-state index in [-0.39, 0.29) is 0 Å². The zero-order chi connectivity index (χ0) is 10.1. The number of halogens is 3. The van der Waals surface area contributed by atoms with E-state index in [4.69, 9.17) is 0 Å². The van der Waals surface area contributed by atoms with Gasteiger partial charge in [0.15, 0.2) is 0 Å². The highest BCUT2D eigenvalue weighted by molar-refractivity contribution is 5.69. The topological polar surface area (TPSA) is 42.1 Å². The summed E-state index contributed by atoms with van der Waals surface area (Å²) in [7, 11) is 0. The Morgan fingerprint density at radius 1 is 1.54 bits per heavy atom. The Balaban J connectivity index is 2.96. The first-order chi connectivity index (χ1) is 5.91. The van der Waals surface area contributed by atoms with Crippen molar-refractivity contribution in [2.75, 3.05) is 0 Å². The minimum absolute atomic E-state index is 0.569. The third-order valence-corrected chi connectivity index (χ3v) is 1.26. The van der Waals surface area contributed by atoms with Gasteiger partial charge >= 0.3 is 12.1 Å². The molecule has 1 heterocycles. The normalized spacial score (nSPS) is 11.4. The van der Waals surface area contributed by atoms with Gasteiger partial charge in [-0.25, -0.2) is 0 Å². The molecule has 0 fully saturated rings. The van der Waals surface area contributed by atoms with Crippen molar-refractivity contribution in [3.05, 3.63) is 17.8 Å². The molecule has 0 aliphatic rings. The number of rotatable bonds is 1. The maximum atomic E-state index is 12.1. The first-order valence-electron chi connectivity index (χ1n) is 3.34. The van der Waals surface area contributed by atoms with Crippen LogP contribution in [-0.2, 0) is 11.0 Å². The lowest BCUT2D eigenvalue weighted by molar-refractivity contribution is -0.141. The van der Waals surface area contributed by atoms with E-state index in [1.807, 2.05) is 0 Å². The Morgan fingerprint density at radius 2 is 2.15 bits per heavy atom. The summed E-state index contributed by atoms with van der Waals surface area (Å²) >= 11 is 0. The minimum atomic E-state index is -4.51. The largest absolute Gasteiger partial charge is 0.421 e. The predicted octanol–water partition coefficient (Wildman–Crippen LogP) is 1.96. The fourth-order valence-corrected chi connectivity index (χ4v) is 0.806. The standard InChI is InChI=1S/C7H6F3NO2/c1-4(12)13-6-5(2-3-11-6)7(8,9)10/h2-3,11H,1H3. The summed E-state index contributed by atoms with van der Waals surface area (Å²) in [6.45, 7) is 1.03. The van der Waals surface area contributed by atoms with E-state index >= 15 is 0 Å². The molecule has 0 aromatic carbocycles. The number of hydrogen-bond acceptors (Lipinski definition) is 2. The molecule has 0 saturated heterocycles. The second-order valence-corrected chi connectivity index (χ2v) is 2.31. The molecule has 0 unspecified atom stereocenters. The molecule has 0 saturated carbocycles. The summed E-state index contributed by atoms with van der Waals surface area (Å²) in [5, 5.41) is 0. The lowest BCUT2D eigenvalue weighted by Crippen LogP contribution is -2.09. The van der Waals surface area contributed by atoms with Crippen LogP contribution in [0.3, 0.4) is 0 Å². The fraction of sp³-hybridized carbons (Fsp3) is 0.286. The van der Waals surface area contributed by atoms with Gasteiger partial charge in [0.2, 0.25) is 5.88 Å². The van der Waals surface area contributed by atoms with Gasteiger partial charge in [0.25, 0.3) is 0 Å². The van der Waals surface area contributed by atoms with E-state index in [0.717, 1.165) is 19.2 Å². The third-order valence-electron chi connectivity index (χ3n) is 1.26. The van der Waals surface area contributed by atoms with Crippen molar-refractivity contribution >= 4 is 5.97 Å². The van der Waals surface area contributed by atoms with Crippen LogP contribution in [-0.4, -0.2) is 11.0 Å². The van der Waals surface area contributed by atoms with Crippen LogP contribution in [0.25, 0.3) is 0 Å². The average molecular weight is 193 g/mol. The van der Waals surface area contributed by atoms with E-state index < -0.39 is 23.6 Å². The summed E-state index contributed by atoms with van der Waals surface area (Å²) < 4.78 is 40.7. The number of H-pyrrole nitrogens is 1. The Bertz CT molecular complexity index is 316. The fourth-order valence-electron chi connectivity index (χ4n) is 0.806. The number of carbonyl (C=O) groups is 1. The van der Waals surface area contributed by atoms with Crippen LogP contribution in [0.15, 0.2) is 12.3 Å². The van der Waals surface area contributed by atoms with Crippen molar-refractivity contribution in [3.63, 3.8) is 0 Å². The molecule has 0 aliphatic carbocycles. The van der Waals surface area contributed by atoms with Crippen LogP contribution in [0.5, 0.6) is 5.88 Å². The highest BCUT2D eigenvalue weighted by Gasteiger charge is 2.35. The zero-order valence-electron chi connectivity index (χ0n) is 6.61. The molecule has 0 bridgehead atoms. The van der Waals surface area contributed by atoms with E-state index in [0.29, 0.717) is 0 Å². The van der Waals surface area contributed by atoms with Gasteiger partial charge in [0.05, 0.1) is 0 Å². The van der Waals surface area contributed by atoms with Crippen LogP contribution >= 0.6 is 0 Å². The van der Waals surface area contributed by atoms with Crippen molar-refractivity contribution in [1.29, 1.82) is 0 Å². The number of alkyl halides is 3. The Hall–Kier alpha value is -1.46. The first kappa shape index (κ1) is 9.63. The molecular formula is C7H6F3NO2. The Morgan fingerprint density at radius 3 is 2.62 bits per heavy atom. The average Bonchev–Trinajstić information content (AvgIpc) is 2.31. The molecule has 72 valence electrons. The molecule has 1 aromatic heterocycles. The summed E-state index contributed by atoms with van der Waals surface area (Å²) in [4.78, 5) is 12.6. The molecule has 0 radical (unpaired) electrons. The highest BCUT2D eigenvalue weighted by atomic mass is 19.4. The van der Waals surface area contributed by atoms with Gasteiger partial charge in [-0.3, -0.25) is 4.79 Å². The van der Waals surface area contributed by atoms with Crippen molar-refractivity contribution in [2.24, 2.45) is 0 Å². The number of esters is 1. The summed E-state index contributed by atoms with van der Waals surface area (Å²) in [6.07, 6.45) is -3.45. The molecule has 1 N–H and O–H groups in total. The lowest BCUT2D eigenvalue weighted by atomic mass is 10.3. The van der Waals surface area contributed by atoms with Gasteiger partial charge in [0.1, 0.15) is 5.56 Å². The number of aromatic amines is 1. The van der Waals surface area contributed by atoms with Gasteiger partial charge < -0.3 is 9.72 Å². The number of carbonyl (C=O) groups excluding carboxylic acids is 1. The third kappa shape index (κ3) is 2.24. The van der Waals surface area contributed by atoms with Crippen molar-refractivity contribution in [1.82, 2.24) is 4.98 Å². The molecule has 0 spiro atoms. The molecule has 3 nitrogen and oxygen atoms in total. The molecule has 13 heavy (non-hydrogen) atoms. The van der Waals surface area contributed by atoms with Gasteiger partial charge in [-0.1, -0.05) is 0 Å². The van der Waals surface area contributed by atoms with E-state index in [1.54, 1.807) is 0 Å². The highest BCUT2D eigenvalue weighted by Crippen LogP contribution is 2.35. The van der Waals surface area contributed by atoms with Gasteiger partial charge in [0, 0.05) is 13.1 Å². The maximum Gasteiger partial charge on any atom is 0.421 e. The van der Waals surface area contributed by atoms with E-state index in [9.17, 15) is 18.0 Å². The van der Waals surface area contributed by atoms with Crippen LogP contribution in [0, 0.1) is 0 Å². The molecule has 1 rings (SSSR count). The van der Waals surface area contributed by atoms with Gasteiger partial charge in [-0.05, 0) is 6.07 Å². The van der Waals surface area contributed by atoms with Crippen molar-refractivity contribution < 1.29 is 22.7 Å². The quantitative estimate of drug-likeness (QED) is 0.692. The SMILES string of the molecule is CC(=O)Oc1[nH]ccc1C(F)(F)F. The molecular weight excluding hydrogens is 187 g/mol. The molecule has 6 heteroatoms. The summed E-state index contributed by atoms with van der Waals surface area (Å²) in [5.41, 5.74) is -0.984. The van der Waals surface area contributed by atoms with Crippen molar-refractivity contribution in [2.45, 2.75) is 13.1 Å². The Kier molecular flexibility index (Phi) is 2.31. The molecule has 1 aromatic rings. The number of ether oxygens (including phenoxy) is 1. The first-order valence-corrected chi connectivity index (χ1v) is 3.34. The second-order valence-electron chi connectivity index (χ2n) is 2.31. The van der Waals surface area contributed by atoms with Gasteiger partial charge in [-0.15, -0.1) is 0 Å². The molecule has 0 amide bonds. The minimum Gasteiger partial charge on any atom is -0.409 e. The van der Waals surface area contributed by atoms with Crippen LogP contribution < -0.4 is 4.74 Å². The summed E-state index contributed by atoms with van der Waals surface area (Å²) in [5.74, 6) is -1.37. The second kappa shape index (κ2) is 3.12. The van der Waals surface area contributed by atoms with Crippen molar-refractivity contribution in [3.8, 4) is 5.88 Å². The van der Waals surface area contributed by atoms with E-state index in [2.05, 4.69) is 9.72 Å². The molecule has 0 atom stereocenters. The van der Waals surface area contributed by atoms with Gasteiger partial charge in [-0.2, -0.15) is 13.2 Å². The number of aromatic nitrogens is 1. The van der Waals surface area contributed by atoms with E-state index in [1.165, 1.54) is 0 Å². The maximum absolute atomic E-state index is 12.1. The predicted molar refractivity (Wildman–Crippen MR) is 37.1 cm³/mol. The number of nitrogens with one attached hydrogen (secondary N) is 1. The number of hydrogen-bond donors (Lipinski definition) is 1. The molecule has 0 aliphatic heterocycles. The summed E-state index contributed by atoms with van der Waals surface area (Å²) in [6, 6.07) is 0.804. The Labute approximate surface area is 71.5 Å². The van der Waals surface area contributed by atoms with Crippen LogP contribution in [0.2, 0.25) is 0 Å². The van der Waals surface area contributed by atoms with Crippen LogP contribution in [0.4, 0.5) is 13.2 Å². The lowest BCUT2D eigenvalue weighted by Gasteiger charge is -2.06. The zero-order valence-corrected chi connectivity index (χ0v) is 6.61. The monoisotopic (exact) mass is 193 g/mol.